The number of piperidine rings is 1. The fourth-order valence-corrected chi connectivity index (χ4v) is 4.63. The molecule has 1 aliphatic heterocycles. The summed E-state index contributed by atoms with van der Waals surface area (Å²) in [5.41, 5.74) is 3.31. The molecule has 1 fully saturated rings. The Morgan fingerprint density at radius 1 is 0.733 bits per heavy atom. The lowest BCUT2D eigenvalue weighted by atomic mass is 9.87. The van der Waals surface area contributed by atoms with Gasteiger partial charge in [-0.3, -0.25) is 9.80 Å². The van der Waals surface area contributed by atoms with E-state index in [4.69, 9.17) is 0 Å². The summed E-state index contributed by atoms with van der Waals surface area (Å²) in [6.07, 6.45) is 1.92. The Bertz CT molecular complexity index is 843. The first-order valence-corrected chi connectivity index (χ1v) is 10.9. The minimum Gasteiger partial charge on any atom is -0.297 e. The van der Waals surface area contributed by atoms with Crippen molar-refractivity contribution < 1.29 is 4.39 Å². The number of halogens is 1. The second-order valence-electron chi connectivity index (χ2n) is 8.49. The van der Waals surface area contributed by atoms with E-state index in [1.807, 2.05) is 18.2 Å². The molecule has 0 saturated carbocycles. The Morgan fingerprint density at radius 2 is 1.23 bits per heavy atom. The van der Waals surface area contributed by atoms with E-state index < -0.39 is 5.54 Å². The van der Waals surface area contributed by atoms with E-state index in [2.05, 4.69) is 82.6 Å². The molecule has 0 bridgehead atoms. The summed E-state index contributed by atoms with van der Waals surface area (Å²) in [4.78, 5) is 4.82. The van der Waals surface area contributed by atoms with Gasteiger partial charge < -0.3 is 0 Å². The number of hydrogen-bond donors (Lipinski definition) is 0. The summed E-state index contributed by atoms with van der Waals surface area (Å²) >= 11 is 0. The summed E-state index contributed by atoms with van der Waals surface area (Å²) < 4.78 is 14.8. The number of benzene rings is 3. The summed E-state index contributed by atoms with van der Waals surface area (Å²) in [6.45, 7) is 3.88. The molecule has 30 heavy (non-hydrogen) atoms. The molecule has 1 heterocycles. The summed E-state index contributed by atoms with van der Waals surface area (Å²) in [7, 11) is 0. The third-order valence-electron chi connectivity index (χ3n) is 6.24. The van der Waals surface area contributed by atoms with Gasteiger partial charge in [0.05, 0.1) is 5.54 Å². The molecular formula is C27H31FN2. The minimum absolute atomic E-state index is 0.321. The van der Waals surface area contributed by atoms with Crippen LogP contribution in [-0.4, -0.2) is 35.1 Å². The number of nitrogens with zero attached hydrogens (tertiary/aromatic N) is 2. The zero-order valence-corrected chi connectivity index (χ0v) is 17.6. The van der Waals surface area contributed by atoms with Crippen molar-refractivity contribution in [1.29, 1.82) is 0 Å². The molecule has 1 unspecified atom stereocenters. The van der Waals surface area contributed by atoms with Gasteiger partial charge in [-0.15, -0.1) is 0 Å². The molecule has 2 nitrogen and oxygen atoms in total. The summed E-state index contributed by atoms with van der Waals surface area (Å²) in [6, 6.07) is 31.5. The van der Waals surface area contributed by atoms with Crippen molar-refractivity contribution in [3.05, 3.63) is 108 Å². The van der Waals surface area contributed by atoms with E-state index >= 15 is 0 Å². The molecule has 3 aromatic rings. The van der Waals surface area contributed by atoms with Crippen LogP contribution >= 0.6 is 0 Å². The molecule has 1 atom stereocenters. The first kappa shape index (κ1) is 20.8. The van der Waals surface area contributed by atoms with E-state index in [1.165, 1.54) is 16.7 Å². The van der Waals surface area contributed by atoms with Crippen LogP contribution in [0.3, 0.4) is 0 Å². The van der Waals surface area contributed by atoms with Gasteiger partial charge in [-0.2, -0.15) is 0 Å². The van der Waals surface area contributed by atoms with E-state index in [0.717, 1.165) is 45.6 Å². The van der Waals surface area contributed by atoms with Crippen LogP contribution in [0.25, 0.3) is 0 Å². The number of likely N-dealkylation sites (tertiary alicyclic amines) is 1. The van der Waals surface area contributed by atoms with Crippen LogP contribution in [0.15, 0.2) is 91.0 Å². The maximum atomic E-state index is 14.8. The van der Waals surface area contributed by atoms with Crippen LogP contribution < -0.4 is 0 Å². The molecule has 1 saturated heterocycles. The fourth-order valence-electron chi connectivity index (χ4n) is 4.63. The first-order valence-electron chi connectivity index (χ1n) is 10.9. The topological polar surface area (TPSA) is 6.48 Å². The van der Waals surface area contributed by atoms with Crippen molar-refractivity contribution in [3.63, 3.8) is 0 Å². The molecule has 0 spiro atoms. The average Bonchev–Trinajstić information content (AvgIpc) is 2.81. The zero-order chi connectivity index (χ0) is 20.7. The zero-order valence-electron chi connectivity index (χ0n) is 17.6. The highest BCUT2D eigenvalue weighted by Crippen LogP contribution is 2.32. The maximum absolute atomic E-state index is 14.8. The molecule has 0 N–H and O–H groups in total. The molecular weight excluding hydrogens is 371 g/mol. The SMILES string of the molecule is FCC1(N(Cc2ccccc2)Cc2ccccc2)CCCN(Cc2ccccc2)C1. The van der Waals surface area contributed by atoms with E-state index in [0.29, 0.717) is 0 Å². The Morgan fingerprint density at radius 3 is 1.73 bits per heavy atom. The maximum Gasteiger partial charge on any atom is 0.109 e. The minimum atomic E-state index is -0.460. The molecule has 4 rings (SSSR count). The molecule has 0 aromatic heterocycles. The predicted molar refractivity (Wildman–Crippen MR) is 122 cm³/mol. The fraction of sp³-hybridized carbons (Fsp3) is 0.333. The lowest BCUT2D eigenvalue weighted by Gasteiger charge is -2.48. The van der Waals surface area contributed by atoms with Crippen molar-refractivity contribution in [3.8, 4) is 0 Å². The third-order valence-corrected chi connectivity index (χ3v) is 6.24. The van der Waals surface area contributed by atoms with Crippen LogP contribution in [0.2, 0.25) is 0 Å². The van der Waals surface area contributed by atoms with Gasteiger partial charge in [-0.1, -0.05) is 91.0 Å². The molecule has 0 amide bonds. The molecule has 3 aromatic carbocycles. The highest BCUT2D eigenvalue weighted by Gasteiger charge is 2.41. The second kappa shape index (κ2) is 10.0. The van der Waals surface area contributed by atoms with E-state index in [1.54, 1.807) is 0 Å². The van der Waals surface area contributed by atoms with Crippen LogP contribution in [0.1, 0.15) is 29.5 Å². The van der Waals surface area contributed by atoms with Gasteiger partial charge in [0.25, 0.3) is 0 Å². The van der Waals surface area contributed by atoms with E-state index in [9.17, 15) is 4.39 Å². The van der Waals surface area contributed by atoms with Crippen molar-refractivity contribution in [2.45, 2.75) is 38.0 Å². The second-order valence-corrected chi connectivity index (χ2v) is 8.49. The molecule has 1 aliphatic rings. The van der Waals surface area contributed by atoms with Crippen molar-refractivity contribution in [1.82, 2.24) is 9.80 Å². The Hall–Kier alpha value is -2.49. The Labute approximate surface area is 180 Å². The van der Waals surface area contributed by atoms with Crippen molar-refractivity contribution >= 4 is 0 Å². The van der Waals surface area contributed by atoms with Gasteiger partial charge in [0.2, 0.25) is 0 Å². The lowest BCUT2D eigenvalue weighted by Crippen LogP contribution is -2.59. The molecule has 0 radical (unpaired) electrons. The largest absolute Gasteiger partial charge is 0.297 e. The normalized spacial score (nSPS) is 19.8. The average molecular weight is 403 g/mol. The van der Waals surface area contributed by atoms with Crippen LogP contribution in [-0.2, 0) is 19.6 Å². The quantitative estimate of drug-likeness (QED) is 0.477. The lowest BCUT2D eigenvalue weighted by molar-refractivity contribution is -0.0198. The molecule has 3 heteroatoms. The van der Waals surface area contributed by atoms with Gasteiger partial charge in [0.1, 0.15) is 6.67 Å². The van der Waals surface area contributed by atoms with Crippen LogP contribution in [0.5, 0.6) is 0 Å². The predicted octanol–water partition coefficient (Wildman–Crippen LogP) is 5.69. The number of hydrogen-bond acceptors (Lipinski definition) is 2. The summed E-state index contributed by atoms with van der Waals surface area (Å²) in [5.74, 6) is 0. The van der Waals surface area contributed by atoms with Crippen molar-refractivity contribution in [2.75, 3.05) is 19.8 Å². The third kappa shape index (κ3) is 5.16. The van der Waals surface area contributed by atoms with Crippen LogP contribution in [0.4, 0.5) is 4.39 Å². The summed E-state index contributed by atoms with van der Waals surface area (Å²) in [5, 5.41) is 0. The van der Waals surface area contributed by atoms with E-state index in [-0.39, 0.29) is 6.67 Å². The van der Waals surface area contributed by atoms with Crippen molar-refractivity contribution in [2.24, 2.45) is 0 Å². The highest BCUT2D eigenvalue weighted by molar-refractivity contribution is 5.19. The van der Waals surface area contributed by atoms with Gasteiger partial charge in [-0.25, -0.2) is 4.39 Å². The Balaban J connectivity index is 1.58. The number of alkyl halides is 1. The van der Waals surface area contributed by atoms with Gasteiger partial charge in [0.15, 0.2) is 0 Å². The van der Waals surface area contributed by atoms with Gasteiger partial charge in [-0.05, 0) is 36.1 Å². The first-order chi connectivity index (χ1) is 14.8. The molecule has 156 valence electrons. The van der Waals surface area contributed by atoms with Crippen LogP contribution in [0, 0.1) is 0 Å². The monoisotopic (exact) mass is 402 g/mol. The van der Waals surface area contributed by atoms with Gasteiger partial charge in [0, 0.05) is 26.2 Å². The smallest absolute Gasteiger partial charge is 0.109 e. The molecule has 0 aliphatic carbocycles. The highest BCUT2D eigenvalue weighted by atomic mass is 19.1. The van der Waals surface area contributed by atoms with Gasteiger partial charge >= 0.3 is 0 Å². The standard InChI is InChI=1S/C27H31FN2/c28-22-27(17-10-18-29(23-27)19-24-11-4-1-5-12-24)30(20-25-13-6-2-7-14-25)21-26-15-8-3-9-16-26/h1-9,11-16H,10,17-23H2. The number of rotatable bonds is 8. The Kier molecular flexibility index (Phi) is 6.93.